The van der Waals surface area contributed by atoms with Crippen molar-refractivity contribution >= 4 is 44.7 Å². The number of furan rings is 1. The van der Waals surface area contributed by atoms with Gasteiger partial charge in [-0.3, -0.25) is 9.59 Å². The highest BCUT2D eigenvalue weighted by Crippen LogP contribution is 2.29. The number of halogens is 1. The molecule has 1 amide bonds. The summed E-state index contributed by atoms with van der Waals surface area (Å²) in [6.07, 6.45) is 3.03. The van der Waals surface area contributed by atoms with Gasteiger partial charge in [-0.15, -0.1) is 0 Å². The van der Waals surface area contributed by atoms with Crippen LogP contribution in [0.1, 0.15) is 26.5 Å². The van der Waals surface area contributed by atoms with Crippen LogP contribution in [0.3, 0.4) is 0 Å². The SMILES string of the molecule is NC(=O)c1c(C(=O)/C=C/c2ccccc2)oc2ccc(Br)cc12. The minimum absolute atomic E-state index is 0.0437. The Bertz CT molecular complexity index is 926. The average Bonchev–Trinajstić information content (AvgIpc) is 2.92. The van der Waals surface area contributed by atoms with E-state index in [-0.39, 0.29) is 11.3 Å². The molecule has 0 atom stereocenters. The molecule has 0 radical (unpaired) electrons. The fraction of sp³-hybridized carbons (Fsp3) is 0. The molecule has 114 valence electrons. The fourth-order valence-electron chi connectivity index (χ4n) is 2.30. The third-order valence-corrected chi connectivity index (χ3v) is 3.84. The molecular formula is C18H12BrNO3. The number of fused-ring (bicyclic) bond motifs is 1. The topological polar surface area (TPSA) is 73.3 Å². The van der Waals surface area contributed by atoms with E-state index in [1.807, 2.05) is 30.3 Å². The Hall–Kier alpha value is -2.66. The molecule has 0 fully saturated rings. The minimum atomic E-state index is -0.696. The highest BCUT2D eigenvalue weighted by molar-refractivity contribution is 9.10. The third kappa shape index (κ3) is 3.10. The maximum atomic E-state index is 12.4. The first-order valence-corrected chi connectivity index (χ1v) is 7.65. The molecule has 1 aromatic heterocycles. The van der Waals surface area contributed by atoms with E-state index in [4.69, 9.17) is 10.2 Å². The number of carbonyl (C=O) groups is 2. The number of hydrogen-bond donors (Lipinski definition) is 1. The molecule has 0 unspecified atom stereocenters. The van der Waals surface area contributed by atoms with Crippen molar-refractivity contribution in [1.29, 1.82) is 0 Å². The van der Waals surface area contributed by atoms with Gasteiger partial charge in [-0.05, 0) is 29.8 Å². The number of nitrogens with two attached hydrogens (primary N) is 1. The van der Waals surface area contributed by atoms with E-state index in [0.29, 0.717) is 11.0 Å². The van der Waals surface area contributed by atoms with Crippen LogP contribution in [0.15, 0.2) is 63.5 Å². The van der Waals surface area contributed by atoms with Crippen LogP contribution in [0.5, 0.6) is 0 Å². The Morgan fingerprint density at radius 1 is 1.09 bits per heavy atom. The van der Waals surface area contributed by atoms with E-state index in [0.717, 1.165) is 10.0 Å². The van der Waals surface area contributed by atoms with Gasteiger partial charge in [0.25, 0.3) is 5.91 Å². The zero-order chi connectivity index (χ0) is 16.4. The summed E-state index contributed by atoms with van der Waals surface area (Å²) in [6, 6.07) is 14.5. The molecule has 2 aromatic carbocycles. The molecule has 2 N–H and O–H groups in total. The zero-order valence-electron chi connectivity index (χ0n) is 12.0. The molecule has 4 nitrogen and oxygen atoms in total. The van der Waals surface area contributed by atoms with Crippen LogP contribution in [-0.4, -0.2) is 11.7 Å². The number of primary amides is 1. The number of carbonyl (C=O) groups excluding carboxylic acids is 2. The predicted molar refractivity (Wildman–Crippen MR) is 92.2 cm³/mol. The first kappa shape index (κ1) is 15.2. The molecular weight excluding hydrogens is 358 g/mol. The summed E-state index contributed by atoms with van der Waals surface area (Å²) in [5, 5.41) is 0.517. The lowest BCUT2D eigenvalue weighted by Gasteiger charge is -1.96. The smallest absolute Gasteiger partial charge is 0.253 e. The number of benzene rings is 2. The Kier molecular flexibility index (Phi) is 4.12. The summed E-state index contributed by atoms with van der Waals surface area (Å²) in [5.74, 6) is -1.15. The van der Waals surface area contributed by atoms with Crippen molar-refractivity contribution in [2.24, 2.45) is 5.73 Å². The molecule has 0 aliphatic rings. The zero-order valence-corrected chi connectivity index (χ0v) is 13.5. The van der Waals surface area contributed by atoms with Gasteiger partial charge >= 0.3 is 0 Å². The maximum absolute atomic E-state index is 12.4. The van der Waals surface area contributed by atoms with E-state index in [9.17, 15) is 9.59 Å². The molecule has 23 heavy (non-hydrogen) atoms. The first-order chi connectivity index (χ1) is 11.1. The number of amides is 1. The van der Waals surface area contributed by atoms with E-state index < -0.39 is 11.7 Å². The summed E-state index contributed by atoms with van der Waals surface area (Å²) < 4.78 is 6.31. The van der Waals surface area contributed by atoms with Crippen LogP contribution in [0.25, 0.3) is 17.0 Å². The van der Waals surface area contributed by atoms with Crippen LogP contribution in [0, 0.1) is 0 Å². The summed E-state index contributed by atoms with van der Waals surface area (Å²) in [4.78, 5) is 24.2. The van der Waals surface area contributed by atoms with Crippen molar-refractivity contribution in [2.75, 3.05) is 0 Å². The van der Waals surface area contributed by atoms with Gasteiger partial charge in [-0.1, -0.05) is 52.3 Å². The van der Waals surface area contributed by atoms with Crippen LogP contribution in [0.4, 0.5) is 0 Å². The molecule has 0 aliphatic heterocycles. The summed E-state index contributed by atoms with van der Waals surface area (Å²) in [5.41, 5.74) is 6.85. The first-order valence-electron chi connectivity index (χ1n) is 6.85. The fourth-order valence-corrected chi connectivity index (χ4v) is 2.66. The number of allylic oxidation sites excluding steroid dienone is 1. The van der Waals surface area contributed by atoms with Gasteiger partial charge in [0.15, 0.2) is 5.76 Å². The summed E-state index contributed by atoms with van der Waals surface area (Å²) in [7, 11) is 0. The van der Waals surface area contributed by atoms with E-state index >= 15 is 0 Å². The molecule has 0 saturated carbocycles. The standard InChI is InChI=1S/C18H12BrNO3/c19-12-7-9-15-13(10-12)16(18(20)22)17(23-15)14(21)8-6-11-4-2-1-3-5-11/h1-10H,(H2,20,22)/b8-6+. The van der Waals surface area contributed by atoms with Crippen molar-refractivity contribution in [3.05, 3.63) is 76.0 Å². The second-order valence-corrected chi connectivity index (χ2v) is 5.83. The van der Waals surface area contributed by atoms with E-state index in [2.05, 4.69) is 15.9 Å². The minimum Gasteiger partial charge on any atom is -0.452 e. The Morgan fingerprint density at radius 3 is 2.52 bits per heavy atom. The predicted octanol–water partition coefficient (Wildman–Crippen LogP) is 4.19. The molecule has 0 bridgehead atoms. The molecule has 0 aliphatic carbocycles. The lowest BCUT2D eigenvalue weighted by Crippen LogP contribution is -2.14. The second-order valence-electron chi connectivity index (χ2n) is 4.92. The Labute approximate surface area is 140 Å². The number of hydrogen-bond acceptors (Lipinski definition) is 3. The van der Waals surface area contributed by atoms with Gasteiger partial charge in [-0.2, -0.15) is 0 Å². The van der Waals surface area contributed by atoms with Gasteiger partial charge in [0, 0.05) is 9.86 Å². The lowest BCUT2D eigenvalue weighted by atomic mass is 10.1. The van der Waals surface area contributed by atoms with Crippen LogP contribution < -0.4 is 5.73 Å². The van der Waals surface area contributed by atoms with Crippen molar-refractivity contribution in [3.8, 4) is 0 Å². The highest BCUT2D eigenvalue weighted by atomic mass is 79.9. The summed E-state index contributed by atoms with van der Waals surface area (Å²) >= 11 is 3.33. The highest BCUT2D eigenvalue weighted by Gasteiger charge is 2.22. The van der Waals surface area contributed by atoms with E-state index in [1.54, 1.807) is 24.3 Å². The van der Waals surface area contributed by atoms with Crippen molar-refractivity contribution in [2.45, 2.75) is 0 Å². The third-order valence-electron chi connectivity index (χ3n) is 3.35. The van der Waals surface area contributed by atoms with Gasteiger partial charge in [-0.25, -0.2) is 0 Å². The normalized spacial score (nSPS) is 11.2. The Morgan fingerprint density at radius 2 is 1.83 bits per heavy atom. The number of ketones is 1. The molecule has 3 rings (SSSR count). The van der Waals surface area contributed by atoms with Crippen LogP contribution in [-0.2, 0) is 0 Å². The van der Waals surface area contributed by atoms with Crippen molar-refractivity contribution in [1.82, 2.24) is 0 Å². The van der Waals surface area contributed by atoms with Crippen LogP contribution >= 0.6 is 15.9 Å². The second kappa shape index (κ2) is 6.22. The monoisotopic (exact) mass is 369 g/mol. The average molecular weight is 370 g/mol. The van der Waals surface area contributed by atoms with E-state index in [1.165, 1.54) is 6.08 Å². The number of rotatable bonds is 4. The largest absolute Gasteiger partial charge is 0.452 e. The van der Waals surface area contributed by atoms with Gasteiger partial charge in [0.1, 0.15) is 5.58 Å². The molecule has 1 heterocycles. The maximum Gasteiger partial charge on any atom is 0.253 e. The molecule has 3 aromatic rings. The van der Waals surface area contributed by atoms with Gasteiger partial charge < -0.3 is 10.2 Å². The van der Waals surface area contributed by atoms with Gasteiger partial charge in [0.2, 0.25) is 5.78 Å². The van der Waals surface area contributed by atoms with Crippen molar-refractivity contribution in [3.63, 3.8) is 0 Å². The quantitative estimate of drug-likeness (QED) is 0.553. The molecule has 0 saturated heterocycles. The van der Waals surface area contributed by atoms with Crippen molar-refractivity contribution < 1.29 is 14.0 Å². The summed E-state index contributed by atoms with van der Waals surface area (Å²) in [6.45, 7) is 0. The van der Waals surface area contributed by atoms with Crippen LogP contribution in [0.2, 0.25) is 0 Å². The Balaban J connectivity index is 2.05. The lowest BCUT2D eigenvalue weighted by molar-refractivity contribution is 0.0973. The molecule has 5 heteroatoms. The van der Waals surface area contributed by atoms with Gasteiger partial charge in [0.05, 0.1) is 5.56 Å². The molecule has 0 spiro atoms.